The van der Waals surface area contributed by atoms with E-state index in [1.54, 1.807) is 20.8 Å². The van der Waals surface area contributed by atoms with Gasteiger partial charge in [0.05, 0.1) is 18.2 Å². The quantitative estimate of drug-likeness (QED) is 0.396. The van der Waals surface area contributed by atoms with Crippen LogP contribution in [0.1, 0.15) is 50.3 Å². The van der Waals surface area contributed by atoms with Gasteiger partial charge in [0.2, 0.25) is 11.8 Å². The number of rotatable bonds is 9. The summed E-state index contributed by atoms with van der Waals surface area (Å²) in [4.78, 5) is 53.7. The van der Waals surface area contributed by atoms with E-state index in [0.29, 0.717) is 18.5 Å². The molecule has 2 aliphatic heterocycles. The molecule has 3 amide bonds. The molecule has 3 unspecified atom stereocenters. The third-order valence-corrected chi connectivity index (χ3v) is 6.97. The number of ether oxygens (including phenoxy) is 2. The summed E-state index contributed by atoms with van der Waals surface area (Å²) < 4.78 is 24.1. The molecule has 0 saturated carbocycles. The molecule has 2 aromatic rings. The van der Waals surface area contributed by atoms with Gasteiger partial charge in [0.15, 0.2) is 0 Å². The smallest absolute Gasteiger partial charge is 0.408 e. The summed E-state index contributed by atoms with van der Waals surface area (Å²) >= 11 is 0. The van der Waals surface area contributed by atoms with E-state index in [1.165, 1.54) is 4.90 Å². The summed E-state index contributed by atoms with van der Waals surface area (Å²) in [5.74, 6) is -1.86. The standard InChI is InChI=1S/C30H36FN3O7/c1-30(2,3)41-25(36)15-22(24(35)16-31)32-27(37)23-14-20-11-7-10-19-12-13-21(28(38)34(23)26(19)20)33-29(39)40-17-18-8-5-4-6-9-18/h4-11,21-24,35H,12-17H2,1-3H3,(H,32,37)(H,33,39)/t21-,22?,23?,24?/m0/s1. The topological polar surface area (TPSA) is 134 Å². The molecule has 0 radical (unpaired) electrons. The molecule has 0 bridgehead atoms. The molecular weight excluding hydrogens is 533 g/mol. The highest BCUT2D eigenvalue weighted by Crippen LogP contribution is 2.39. The first-order valence-electron chi connectivity index (χ1n) is 13.6. The number of alkyl halides is 1. The molecule has 10 nitrogen and oxygen atoms in total. The summed E-state index contributed by atoms with van der Waals surface area (Å²) in [6, 6.07) is 11.4. The summed E-state index contributed by atoms with van der Waals surface area (Å²) in [5, 5.41) is 15.5. The number of hydrogen-bond donors (Lipinski definition) is 3. The van der Waals surface area contributed by atoms with Crippen molar-refractivity contribution in [2.45, 2.75) is 82.9 Å². The van der Waals surface area contributed by atoms with E-state index in [0.717, 1.165) is 16.7 Å². The number of halogens is 1. The fourth-order valence-electron chi connectivity index (χ4n) is 5.11. The monoisotopic (exact) mass is 569 g/mol. The molecule has 41 heavy (non-hydrogen) atoms. The summed E-state index contributed by atoms with van der Waals surface area (Å²) in [6.07, 6.45) is -1.92. The Labute approximate surface area is 238 Å². The van der Waals surface area contributed by atoms with Crippen LogP contribution in [-0.2, 0) is 43.3 Å². The van der Waals surface area contributed by atoms with Crippen LogP contribution in [0.3, 0.4) is 0 Å². The predicted octanol–water partition coefficient (Wildman–Crippen LogP) is 2.73. The van der Waals surface area contributed by atoms with Gasteiger partial charge in [0, 0.05) is 6.42 Å². The number of benzene rings is 2. The Hall–Kier alpha value is -3.99. The number of nitrogens with one attached hydrogen (secondary N) is 2. The van der Waals surface area contributed by atoms with E-state index >= 15 is 0 Å². The van der Waals surface area contributed by atoms with Crippen molar-refractivity contribution >= 4 is 29.6 Å². The number of carbonyl (C=O) groups is 4. The summed E-state index contributed by atoms with van der Waals surface area (Å²) in [7, 11) is 0. The van der Waals surface area contributed by atoms with Crippen LogP contribution in [0.4, 0.5) is 14.9 Å². The number of nitrogens with zero attached hydrogens (tertiary/aromatic N) is 1. The molecule has 2 aromatic carbocycles. The molecule has 3 N–H and O–H groups in total. The molecule has 11 heteroatoms. The molecule has 0 saturated heterocycles. The lowest BCUT2D eigenvalue weighted by molar-refractivity contribution is -0.156. The number of esters is 1. The average Bonchev–Trinajstić information content (AvgIpc) is 3.26. The minimum atomic E-state index is -1.65. The highest BCUT2D eigenvalue weighted by Gasteiger charge is 2.45. The van der Waals surface area contributed by atoms with Crippen LogP contribution in [0.5, 0.6) is 0 Å². The molecule has 0 spiro atoms. The first kappa shape index (κ1) is 30.0. The van der Waals surface area contributed by atoms with Gasteiger partial charge in [-0.2, -0.15) is 0 Å². The summed E-state index contributed by atoms with van der Waals surface area (Å²) in [6.45, 7) is 3.85. The second kappa shape index (κ2) is 12.7. The fraction of sp³-hybridized carbons (Fsp3) is 0.467. The Morgan fingerprint density at radius 3 is 2.49 bits per heavy atom. The lowest BCUT2D eigenvalue weighted by Gasteiger charge is -2.30. The van der Waals surface area contributed by atoms with Gasteiger partial charge in [-0.15, -0.1) is 0 Å². The lowest BCUT2D eigenvalue weighted by atomic mass is 10.0. The van der Waals surface area contributed by atoms with Gasteiger partial charge in [0.1, 0.15) is 37.1 Å². The van der Waals surface area contributed by atoms with Gasteiger partial charge < -0.3 is 25.2 Å². The molecular formula is C30H36FN3O7. The van der Waals surface area contributed by atoms with Crippen LogP contribution in [0.15, 0.2) is 48.5 Å². The van der Waals surface area contributed by atoms with Gasteiger partial charge in [-0.3, -0.25) is 19.3 Å². The van der Waals surface area contributed by atoms with Crippen LogP contribution in [-0.4, -0.2) is 65.5 Å². The largest absolute Gasteiger partial charge is 0.460 e. The van der Waals surface area contributed by atoms with E-state index in [9.17, 15) is 28.7 Å². The third kappa shape index (κ3) is 7.40. The molecule has 220 valence electrons. The highest BCUT2D eigenvalue weighted by molar-refractivity contribution is 6.07. The molecule has 4 atom stereocenters. The number of aliphatic hydroxyl groups excluding tert-OH is 1. The Balaban J connectivity index is 1.50. The van der Waals surface area contributed by atoms with E-state index < -0.39 is 66.8 Å². The molecule has 0 fully saturated rings. The van der Waals surface area contributed by atoms with Crippen LogP contribution in [0, 0.1) is 0 Å². The van der Waals surface area contributed by atoms with E-state index in [-0.39, 0.29) is 13.0 Å². The van der Waals surface area contributed by atoms with Crippen molar-refractivity contribution in [3.8, 4) is 0 Å². The SMILES string of the molecule is CC(C)(C)OC(=O)CC(NC(=O)C1Cc2cccc3c2N1C(=O)[C@@H](NC(=O)OCc1ccccc1)CC3)C(O)CF. The van der Waals surface area contributed by atoms with Crippen molar-refractivity contribution in [2.24, 2.45) is 0 Å². The predicted molar refractivity (Wildman–Crippen MR) is 148 cm³/mol. The van der Waals surface area contributed by atoms with Gasteiger partial charge in [0.25, 0.3) is 0 Å². The Kier molecular flexibility index (Phi) is 9.27. The zero-order valence-corrected chi connectivity index (χ0v) is 23.4. The maximum Gasteiger partial charge on any atom is 0.408 e. The number of aliphatic hydroxyl groups is 1. The molecule has 2 aliphatic rings. The fourth-order valence-corrected chi connectivity index (χ4v) is 5.11. The second-order valence-electron chi connectivity index (χ2n) is 11.3. The summed E-state index contributed by atoms with van der Waals surface area (Å²) in [5.41, 5.74) is 2.22. The molecule has 0 aliphatic carbocycles. The molecule has 2 heterocycles. The van der Waals surface area contributed by atoms with Crippen molar-refractivity contribution in [1.29, 1.82) is 0 Å². The first-order chi connectivity index (χ1) is 19.5. The Bertz CT molecular complexity index is 1280. The molecule has 0 aromatic heterocycles. The Morgan fingerprint density at radius 1 is 1.10 bits per heavy atom. The van der Waals surface area contributed by atoms with E-state index in [1.807, 2.05) is 48.5 Å². The second-order valence-corrected chi connectivity index (χ2v) is 11.3. The number of carbonyl (C=O) groups excluding carboxylic acids is 4. The van der Waals surface area contributed by atoms with Gasteiger partial charge in [-0.25, -0.2) is 9.18 Å². The van der Waals surface area contributed by atoms with Gasteiger partial charge >= 0.3 is 12.1 Å². The molecule has 4 rings (SSSR count). The highest BCUT2D eigenvalue weighted by atomic mass is 19.1. The van der Waals surface area contributed by atoms with Crippen molar-refractivity contribution in [3.05, 3.63) is 65.2 Å². The number of anilines is 1. The Morgan fingerprint density at radius 2 is 1.80 bits per heavy atom. The number of hydrogen-bond acceptors (Lipinski definition) is 7. The number of amides is 3. The van der Waals surface area contributed by atoms with E-state index in [2.05, 4.69) is 10.6 Å². The van der Waals surface area contributed by atoms with Crippen molar-refractivity contribution in [1.82, 2.24) is 10.6 Å². The maximum absolute atomic E-state index is 13.8. The third-order valence-electron chi connectivity index (χ3n) is 6.97. The normalized spacial score (nSPS) is 19.4. The maximum atomic E-state index is 13.8. The van der Waals surface area contributed by atoms with Crippen LogP contribution < -0.4 is 15.5 Å². The van der Waals surface area contributed by atoms with Gasteiger partial charge in [-0.1, -0.05) is 48.5 Å². The van der Waals surface area contributed by atoms with Gasteiger partial charge in [-0.05, 0) is 50.3 Å². The average molecular weight is 570 g/mol. The number of aryl methyl sites for hydroxylation is 1. The van der Waals surface area contributed by atoms with Crippen LogP contribution >= 0.6 is 0 Å². The van der Waals surface area contributed by atoms with Crippen molar-refractivity contribution in [3.63, 3.8) is 0 Å². The minimum Gasteiger partial charge on any atom is -0.460 e. The van der Waals surface area contributed by atoms with Crippen LogP contribution in [0.25, 0.3) is 0 Å². The number of para-hydroxylation sites is 1. The zero-order chi connectivity index (χ0) is 29.7. The van der Waals surface area contributed by atoms with Crippen molar-refractivity contribution < 1.29 is 38.1 Å². The van der Waals surface area contributed by atoms with Crippen LogP contribution in [0.2, 0.25) is 0 Å². The lowest BCUT2D eigenvalue weighted by Crippen LogP contribution is -2.57. The van der Waals surface area contributed by atoms with Crippen molar-refractivity contribution in [2.75, 3.05) is 11.6 Å². The number of alkyl carbamates (subject to hydrolysis) is 1. The zero-order valence-electron chi connectivity index (χ0n) is 23.4. The minimum absolute atomic E-state index is 0.0304. The first-order valence-corrected chi connectivity index (χ1v) is 13.6. The van der Waals surface area contributed by atoms with E-state index in [4.69, 9.17) is 9.47 Å².